The summed E-state index contributed by atoms with van der Waals surface area (Å²) >= 11 is 0. The van der Waals surface area contributed by atoms with E-state index in [1.54, 1.807) is 0 Å². The molecule has 6 heteroatoms. The number of carbonyl (C=O) groups excluding carboxylic acids is 1. The zero-order valence-electron chi connectivity index (χ0n) is 14.2. The van der Waals surface area contributed by atoms with Crippen LogP contribution in [0.4, 0.5) is 4.39 Å². The fraction of sp³-hybridized carbons (Fsp3) is 0.632. The van der Waals surface area contributed by atoms with Crippen molar-refractivity contribution in [3.63, 3.8) is 0 Å². The Morgan fingerprint density at radius 3 is 2.76 bits per heavy atom. The highest BCUT2D eigenvalue weighted by Gasteiger charge is 2.45. The van der Waals surface area contributed by atoms with Crippen molar-refractivity contribution in [3.8, 4) is 5.75 Å². The molecule has 0 aromatic heterocycles. The van der Waals surface area contributed by atoms with Crippen LogP contribution in [0.2, 0.25) is 0 Å². The predicted molar refractivity (Wildman–Crippen MR) is 88.8 cm³/mol. The third-order valence-corrected chi connectivity index (χ3v) is 5.27. The van der Waals surface area contributed by atoms with E-state index in [4.69, 9.17) is 14.2 Å². The molecule has 3 fully saturated rings. The van der Waals surface area contributed by atoms with E-state index < -0.39 is 0 Å². The second kappa shape index (κ2) is 7.30. The average molecular weight is 349 g/mol. The number of halogens is 1. The molecule has 4 rings (SSSR count). The van der Waals surface area contributed by atoms with Gasteiger partial charge in [0.2, 0.25) is 0 Å². The normalized spacial score (nSPS) is 28.7. The van der Waals surface area contributed by atoms with Crippen LogP contribution in [0.15, 0.2) is 24.3 Å². The highest BCUT2D eigenvalue weighted by Crippen LogP contribution is 2.35. The van der Waals surface area contributed by atoms with E-state index in [0.717, 1.165) is 19.4 Å². The number of hydrogen-bond donors (Lipinski definition) is 0. The van der Waals surface area contributed by atoms with Crippen LogP contribution in [0.5, 0.6) is 5.75 Å². The molecule has 3 aliphatic rings. The van der Waals surface area contributed by atoms with Gasteiger partial charge in [-0.05, 0) is 55.9 Å². The first kappa shape index (κ1) is 16.8. The van der Waals surface area contributed by atoms with Crippen LogP contribution in [0.3, 0.4) is 0 Å². The van der Waals surface area contributed by atoms with Crippen molar-refractivity contribution in [3.05, 3.63) is 30.1 Å². The van der Waals surface area contributed by atoms with E-state index in [1.807, 2.05) is 4.90 Å². The first-order chi connectivity index (χ1) is 12.2. The zero-order chi connectivity index (χ0) is 17.2. The quantitative estimate of drug-likeness (QED) is 0.791. The van der Waals surface area contributed by atoms with Gasteiger partial charge in [-0.25, -0.2) is 4.39 Å². The molecule has 1 aliphatic heterocycles. The number of benzene rings is 1. The Bertz CT molecular complexity index is 604. The molecule has 1 amide bonds. The molecule has 0 radical (unpaired) electrons. The van der Waals surface area contributed by atoms with Gasteiger partial charge >= 0.3 is 0 Å². The summed E-state index contributed by atoms with van der Waals surface area (Å²) in [6, 6.07) is 5.77. The summed E-state index contributed by atoms with van der Waals surface area (Å²) in [6.45, 7) is 1.82. The lowest BCUT2D eigenvalue weighted by Gasteiger charge is -2.31. The van der Waals surface area contributed by atoms with E-state index in [9.17, 15) is 9.18 Å². The van der Waals surface area contributed by atoms with Crippen LogP contribution in [-0.4, -0.2) is 55.4 Å². The van der Waals surface area contributed by atoms with E-state index in [2.05, 4.69) is 0 Å². The Kier molecular flexibility index (Phi) is 4.90. The molecule has 2 saturated carbocycles. The summed E-state index contributed by atoms with van der Waals surface area (Å²) in [5.41, 5.74) is 0. The minimum atomic E-state index is -0.323. The number of ether oxygens (including phenoxy) is 3. The van der Waals surface area contributed by atoms with Crippen LogP contribution in [0.25, 0.3) is 0 Å². The maximum absolute atomic E-state index is 12.9. The summed E-state index contributed by atoms with van der Waals surface area (Å²) in [7, 11) is 0. The molecule has 1 heterocycles. The molecule has 0 spiro atoms. The lowest BCUT2D eigenvalue weighted by atomic mass is 10.1. The van der Waals surface area contributed by atoms with E-state index in [1.165, 1.54) is 37.1 Å². The Hall–Kier alpha value is -1.66. The fourth-order valence-electron chi connectivity index (χ4n) is 3.71. The van der Waals surface area contributed by atoms with Gasteiger partial charge < -0.3 is 19.1 Å². The first-order valence-corrected chi connectivity index (χ1v) is 9.12. The van der Waals surface area contributed by atoms with Crippen LogP contribution < -0.4 is 4.74 Å². The second-order valence-corrected chi connectivity index (χ2v) is 7.12. The van der Waals surface area contributed by atoms with E-state index >= 15 is 0 Å². The van der Waals surface area contributed by atoms with Crippen LogP contribution in [0.1, 0.15) is 25.7 Å². The number of fused-ring (bicyclic) bond motifs is 2. The summed E-state index contributed by atoms with van der Waals surface area (Å²) in [4.78, 5) is 14.5. The Morgan fingerprint density at radius 2 is 2.00 bits per heavy atom. The smallest absolute Gasteiger partial charge is 0.260 e. The van der Waals surface area contributed by atoms with Gasteiger partial charge in [-0.15, -0.1) is 0 Å². The largest absolute Gasteiger partial charge is 0.484 e. The molecule has 5 nitrogen and oxygen atoms in total. The molecule has 1 aromatic carbocycles. The summed E-state index contributed by atoms with van der Waals surface area (Å²) in [6.07, 6.45) is 4.40. The molecule has 2 aliphatic carbocycles. The molecule has 25 heavy (non-hydrogen) atoms. The van der Waals surface area contributed by atoms with Gasteiger partial charge in [0.1, 0.15) is 17.7 Å². The Morgan fingerprint density at radius 1 is 1.20 bits per heavy atom. The minimum absolute atomic E-state index is 0.0297. The third-order valence-electron chi connectivity index (χ3n) is 5.27. The van der Waals surface area contributed by atoms with Gasteiger partial charge in [-0.3, -0.25) is 4.79 Å². The average Bonchev–Trinajstić information content (AvgIpc) is 3.36. The lowest BCUT2D eigenvalue weighted by Crippen LogP contribution is -2.48. The third kappa shape index (κ3) is 3.96. The van der Waals surface area contributed by atoms with Gasteiger partial charge in [0.15, 0.2) is 6.61 Å². The summed E-state index contributed by atoms with van der Waals surface area (Å²) < 4.78 is 30.5. The SMILES string of the molecule is O=C(COc1ccc(F)cc1)N1CCOC2CCC1C2OCC1CC1. The Labute approximate surface area is 147 Å². The minimum Gasteiger partial charge on any atom is -0.484 e. The molecule has 2 bridgehead atoms. The van der Waals surface area contributed by atoms with Crippen molar-refractivity contribution in [1.82, 2.24) is 4.90 Å². The van der Waals surface area contributed by atoms with E-state index in [0.29, 0.717) is 24.8 Å². The molecular formula is C19H24FNO4. The molecule has 3 atom stereocenters. The van der Waals surface area contributed by atoms with Crippen molar-refractivity contribution in [2.24, 2.45) is 5.92 Å². The van der Waals surface area contributed by atoms with Crippen LogP contribution in [-0.2, 0) is 14.3 Å². The lowest BCUT2D eigenvalue weighted by molar-refractivity contribution is -0.138. The standard InChI is InChI=1S/C19H24FNO4/c20-14-3-5-15(6-4-14)24-12-18(22)21-9-10-23-17-8-7-16(21)19(17)25-11-13-1-2-13/h3-6,13,16-17,19H,1-2,7-12H2. The van der Waals surface area contributed by atoms with E-state index in [-0.39, 0.29) is 36.6 Å². The van der Waals surface area contributed by atoms with Crippen LogP contribution >= 0.6 is 0 Å². The van der Waals surface area contributed by atoms with Crippen LogP contribution in [0, 0.1) is 11.7 Å². The Balaban J connectivity index is 1.37. The van der Waals surface area contributed by atoms with Crippen molar-refractivity contribution < 1.29 is 23.4 Å². The van der Waals surface area contributed by atoms with Gasteiger partial charge in [0, 0.05) is 13.2 Å². The van der Waals surface area contributed by atoms with Gasteiger partial charge in [-0.1, -0.05) is 0 Å². The maximum atomic E-state index is 12.9. The predicted octanol–water partition coefficient (Wildman–Crippen LogP) is 2.39. The number of carbonyl (C=O) groups is 1. The monoisotopic (exact) mass is 349 g/mol. The molecule has 3 unspecified atom stereocenters. The molecule has 0 N–H and O–H groups in total. The number of hydrogen-bond acceptors (Lipinski definition) is 4. The molecule has 1 aromatic rings. The highest BCUT2D eigenvalue weighted by atomic mass is 19.1. The van der Waals surface area contributed by atoms with Gasteiger partial charge in [-0.2, -0.15) is 0 Å². The zero-order valence-corrected chi connectivity index (χ0v) is 14.2. The summed E-state index contributed by atoms with van der Waals surface area (Å²) in [5, 5.41) is 0. The molecule has 1 saturated heterocycles. The molecular weight excluding hydrogens is 325 g/mol. The second-order valence-electron chi connectivity index (χ2n) is 7.12. The summed E-state index contributed by atoms with van der Waals surface area (Å²) in [5.74, 6) is 0.789. The fourth-order valence-corrected chi connectivity index (χ4v) is 3.71. The first-order valence-electron chi connectivity index (χ1n) is 9.12. The number of amides is 1. The number of rotatable bonds is 6. The van der Waals surface area contributed by atoms with Gasteiger partial charge in [0.25, 0.3) is 5.91 Å². The van der Waals surface area contributed by atoms with Gasteiger partial charge in [0.05, 0.1) is 18.8 Å². The van der Waals surface area contributed by atoms with Crippen molar-refractivity contribution in [2.45, 2.75) is 43.9 Å². The topological polar surface area (TPSA) is 48.0 Å². The van der Waals surface area contributed by atoms with Crippen molar-refractivity contribution >= 4 is 5.91 Å². The molecule has 136 valence electrons. The maximum Gasteiger partial charge on any atom is 0.260 e. The van der Waals surface area contributed by atoms with Crippen molar-refractivity contribution in [1.29, 1.82) is 0 Å². The highest BCUT2D eigenvalue weighted by molar-refractivity contribution is 5.78. The number of nitrogens with zero attached hydrogens (tertiary/aromatic N) is 1. The van der Waals surface area contributed by atoms with Crippen molar-refractivity contribution in [2.75, 3.05) is 26.4 Å².